The average Bonchev–Trinajstić information content (AvgIpc) is 3.28. The predicted octanol–water partition coefficient (Wildman–Crippen LogP) is 4.55. The van der Waals surface area contributed by atoms with Crippen LogP contribution >= 0.6 is 11.3 Å². The molecule has 0 fully saturated rings. The van der Waals surface area contributed by atoms with Crippen molar-refractivity contribution in [1.82, 2.24) is 0 Å². The van der Waals surface area contributed by atoms with Crippen molar-refractivity contribution in [3.05, 3.63) is 92.9 Å². The lowest BCUT2D eigenvalue weighted by Gasteiger charge is -2.29. The number of rotatable bonds is 6. The molecule has 0 atom stereocenters. The molecule has 0 unspecified atom stereocenters. The molecule has 1 aliphatic heterocycles. The number of carbonyl (C=O) groups is 2. The highest BCUT2D eigenvalue weighted by atomic mass is 32.2. The normalized spacial score (nSPS) is 15.9. The summed E-state index contributed by atoms with van der Waals surface area (Å²) in [5.74, 6) is -1.49. The number of sulfonamides is 1. The summed E-state index contributed by atoms with van der Waals surface area (Å²) in [6.45, 7) is 1.91. The van der Waals surface area contributed by atoms with Crippen LogP contribution in [0.1, 0.15) is 32.5 Å². The molecule has 1 aromatic heterocycles. The van der Waals surface area contributed by atoms with E-state index in [-0.39, 0.29) is 13.2 Å². The van der Waals surface area contributed by atoms with E-state index in [1.165, 1.54) is 36.4 Å². The van der Waals surface area contributed by atoms with Crippen LogP contribution in [0.25, 0.3) is 0 Å². The molecule has 1 N–H and O–H groups in total. The number of halogens is 1. The van der Waals surface area contributed by atoms with Crippen molar-refractivity contribution in [3.63, 3.8) is 0 Å². The van der Waals surface area contributed by atoms with E-state index in [2.05, 4.69) is 5.32 Å². The largest absolute Gasteiger partial charge is 0.462 e. The fraction of sp³-hybridized carbons (Fsp3) is 0.130. The van der Waals surface area contributed by atoms with Crippen LogP contribution in [-0.4, -0.2) is 26.8 Å². The van der Waals surface area contributed by atoms with E-state index in [1.54, 1.807) is 30.5 Å². The lowest BCUT2D eigenvalue weighted by atomic mass is 10.2. The van der Waals surface area contributed by atoms with Crippen molar-refractivity contribution in [2.24, 2.45) is 0 Å². The molecule has 4 rings (SSSR count). The molecule has 1 aliphatic rings. The molecular formula is C23H19FN2O5S2. The number of fused-ring (bicyclic) bond motifs is 1. The summed E-state index contributed by atoms with van der Waals surface area (Å²) in [7, 11) is -4.18. The number of ketones is 1. The van der Waals surface area contributed by atoms with Gasteiger partial charge in [0.25, 0.3) is 10.0 Å². The summed E-state index contributed by atoms with van der Waals surface area (Å²) in [4.78, 5) is 24.6. The third-order valence-corrected chi connectivity index (χ3v) is 7.58. The maximum Gasteiger partial charge on any atom is 0.338 e. The van der Waals surface area contributed by atoms with Crippen LogP contribution in [0, 0.1) is 5.82 Å². The highest BCUT2D eigenvalue weighted by Crippen LogP contribution is 2.39. The summed E-state index contributed by atoms with van der Waals surface area (Å²) in [5.41, 5.74) is 1.71. The van der Waals surface area contributed by atoms with Gasteiger partial charge in [-0.1, -0.05) is 12.1 Å². The molecule has 0 bridgehead atoms. The van der Waals surface area contributed by atoms with Crippen LogP contribution in [0.5, 0.6) is 0 Å². The lowest BCUT2D eigenvalue weighted by Crippen LogP contribution is -2.38. The zero-order chi connectivity index (χ0) is 23.6. The molecule has 170 valence electrons. The van der Waals surface area contributed by atoms with Gasteiger partial charge in [0.15, 0.2) is 4.91 Å². The van der Waals surface area contributed by atoms with Gasteiger partial charge >= 0.3 is 5.97 Å². The van der Waals surface area contributed by atoms with Crippen molar-refractivity contribution in [3.8, 4) is 0 Å². The van der Waals surface area contributed by atoms with Crippen LogP contribution in [-0.2, 0) is 21.3 Å². The number of esters is 1. The molecule has 10 heteroatoms. The number of allylic oxidation sites excluding steroid dienone is 1. The van der Waals surface area contributed by atoms with Gasteiger partial charge < -0.3 is 10.1 Å². The van der Waals surface area contributed by atoms with Crippen molar-refractivity contribution < 1.29 is 27.1 Å². The number of Topliss-reactive ketones (excluding diaryl/α,β-unsaturated/α-hetero) is 1. The van der Waals surface area contributed by atoms with Gasteiger partial charge in [-0.25, -0.2) is 17.6 Å². The Morgan fingerprint density at radius 1 is 1.12 bits per heavy atom. The number of ether oxygens (including phenoxy) is 1. The van der Waals surface area contributed by atoms with E-state index < -0.39 is 32.5 Å². The number of hydrogen-bond acceptors (Lipinski definition) is 7. The number of anilines is 2. The quantitative estimate of drug-likeness (QED) is 0.406. The highest BCUT2D eigenvalue weighted by molar-refractivity contribution is 7.97. The van der Waals surface area contributed by atoms with Crippen LogP contribution in [0.15, 0.2) is 71.1 Å². The molecule has 7 nitrogen and oxygen atoms in total. The number of nitrogens with zero attached hydrogens (tertiary/aromatic N) is 1. The third kappa shape index (κ3) is 4.53. The van der Waals surface area contributed by atoms with Crippen LogP contribution in [0.3, 0.4) is 0 Å². The third-order valence-electron chi connectivity index (χ3n) is 4.92. The monoisotopic (exact) mass is 486 g/mol. The van der Waals surface area contributed by atoms with E-state index in [0.717, 1.165) is 21.8 Å². The summed E-state index contributed by atoms with van der Waals surface area (Å²) in [6.07, 6.45) is 1.15. The zero-order valence-electron chi connectivity index (χ0n) is 17.4. The van der Waals surface area contributed by atoms with Crippen molar-refractivity contribution in [1.29, 1.82) is 0 Å². The first kappa shape index (κ1) is 22.7. The number of carbonyl (C=O) groups excluding carboxylic acids is 2. The van der Waals surface area contributed by atoms with Gasteiger partial charge in [-0.2, -0.15) is 0 Å². The fourth-order valence-corrected chi connectivity index (χ4v) is 5.76. The Kier molecular flexibility index (Phi) is 6.30. The number of benzene rings is 2. The highest BCUT2D eigenvalue weighted by Gasteiger charge is 2.41. The standard InChI is InChI=1S/C23H19FN2O5S2/c1-2-31-23(28)16-5-9-18(10-6-16)25-13-20-21(27)22-19(11-12-32-22)26(33(20,29)30)14-15-3-7-17(24)8-4-15/h3-13,25H,2,14H2,1H3/b20-13-. The second-order valence-corrected chi connectivity index (χ2v) is 9.80. The molecule has 0 saturated heterocycles. The molecule has 0 amide bonds. The first-order valence-electron chi connectivity index (χ1n) is 9.94. The van der Waals surface area contributed by atoms with Crippen molar-refractivity contribution in [2.75, 3.05) is 16.2 Å². The molecule has 2 aromatic carbocycles. The number of thiophene rings is 1. The number of nitrogens with one attached hydrogen (secondary N) is 1. The summed E-state index contributed by atoms with van der Waals surface area (Å²) in [5, 5.41) is 4.48. The second kappa shape index (κ2) is 9.16. The van der Waals surface area contributed by atoms with E-state index >= 15 is 0 Å². The minimum absolute atomic E-state index is 0.0504. The van der Waals surface area contributed by atoms with Gasteiger partial charge in [0, 0.05) is 11.9 Å². The molecule has 33 heavy (non-hydrogen) atoms. The zero-order valence-corrected chi connectivity index (χ0v) is 19.1. The molecule has 0 aliphatic carbocycles. The number of hydrogen-bond donors (Lipinski definition) is 1. The maximum absolute atomic E-state index is 13.4. The average molecular weight is 487 g/mol. The maximum atomic E-state index is 13.4. The summed E-state index contributed by atoms with van der Waals surface area (Å²) in [6, 6.07) is 13.3. The molecule has 0 spiro atoms. The first-order chi connectivity index (χ1) is 15.8. The van der Waals surface area contributed by atoms with Gasteiger partial charge in [-0.3, -0.25) is 9.10 Å². The van der Waals surface area contributed by atoms with Gasteiger partial charge in [-0.05, 0) is 60.3 Å². The topological polar surface area (TPSA) is 92.8 Å². The van der Waals surface area contributed by atoms with Crippen LogP contribution < -0.4 is 9.62 Å². The molecule has 0 saturated carbocycles. The van der Waals surface area contributed by atoms with Gasteiger partial charge in [0.1, 0.15) is 10.7 Å². The Hall–Kier alpha value is -3.50. The summed E-state index contributed by atoms with van der Waals surface area (Å²) < 4.78 is 46.1. The van der Waals surface area contributed by atoms with Gasteiger partial charge in [-0.15, -0.1) is 11.3 Å². The SMILES string of the molecule is CCOC(=O)c1ccc(N/C=C2/C(=O)c3sccc3N(Cc3ccc(F)cc3)S2(=O)=O)cc1. The first-order valence-corrected chi connectivity index (χ1v) is 12.3. The molecule has 0 radical (unpaired) electrons. The summed E-state index contributed by atoms with van der Waals surface area (Å²) >= 11 is 1.15. The Bertz CT molecular complexity index is 1330. The van der Waals surface area contributed by atoms with E-state index in [1.807, 2.05) is 0 Å². The second-order valence-electron chi connectivity index (χ2n) is 7.05. The van der Waals surface area contributed by atoms with Gasteiger partial charge in [0.2, 0.25) is 5.78 Å². The van der Waals surface area contributed by atoms with Crippen LogP contribution in [0.4, 0.5) is 15.8 Å². The minimum atomic E-state index is -4.18. The molecule has 2 heterocycles. The van der Waals surface area contributed by atoms with E-state index in [0.29, 0.717) is 27.4 Å². The Morgan fingerprint density at radius 2 is 1.82 bits per heavy atom. The van der Waals surface area contributed by atoms with Crippen molar-refractivity contribution in [2.45, 2.75) is 13.5 Å². The molecular weight excluding hydrogens is 467 g/mol. The van der Waals surface area contributed by atoms with Gasteiger partial charge in [0.05, 0.1) is 24.4 Å². The smallest absolute Gasteiger partial charge is 0.338 e. The Morgan fingerprint density at radius 3 is 2.48 bits per heavy atom. The minimum Gasteiger partial charge on any atom is -0.462 e. The Balaban J connectivity index is 1.64. The predicted molar refractivity (Wildman–Crippen MR) is 124 cm³/mol. The van der Waals surface area contributed by atoms with Crippen molar-refractivity contribution >= 4 is 44.5 Å². The molecule has 3 aromatic rings. The fourth-order valence-electron chi connectivity index (χ4n) is 3.28. The Labute approximate surface area is 194 Å². The van der Waals surface area contributed by atoms with E-state index in [9.17, 15) is 22.4 Å². The van der Waals surface area contributed by atoms with Crippen LogP contribution in [0.2, 0.25) is 0 Å². The van der Waals surface area contributed by atoms with E-state index in [4.69, 9.17) is 4.74 Å². The lowest BCUT2D eigenvalue weighted by molar-refractivity contribution is 0.0526.